The van der Waals surface area contributed by atoms with Crippen LogP contribution in [0, 0.1) is 6.92 Å². The van der Waals surface area contributed by atoms with E-state index >= 15 is 0 Å². The molecule has 0 unspecified atom stereocenters. The molecule has 122 valence electrons. The van der Waals surface area contributed by atoms with Crippen molar-refractivity contribution >= 4 is 5.91 Å². The minimum absolute atomic E-state index is 0.176. The van der Waals surface area contributed by atoms with E-state index in [-0.39, 0.29) is 18.2 Å². The Morgan fingerprint density at radius 3 is 2.79 bits per heavy atom. The van der Waals surface area contributed by atoms with Crippen molar-refractivity contribution < 1.29 is 13.9 Å². The highest BCUT2D eigenvalue weighted by Gasteiger charge is 2.12. The number of oxazole rings is 1. The summed E-state index contributed by atoms with van der Waals surface area (Å²) in [6.07, 6.45) is 1.34. The summed E-state index contributed by atoms with van der Waals surface area (Å²) in [4.78, 5) is 16.3. The van der Waals surface area contributed by atoms with Crippen LogP contribution in [0.1, 0.15) is 27.5 Å². The second-order valence-electron chi connectivity index (χ2n) is 5.40. The number of benzene rings is 2. The Bertz CT molecular complexity index is 812. The zero-order valence-electron chi connectivity index (χ0n) is 13.4. The van der Waals surface area contributed by atoms with Crippen LogP contribution in [0.25, 0.3) is 0 Å². The number of nitrogens with zero attached hydrogens (tertiary/aromatic N) is 1. The van der Waals surface area contributed by atoms with Gasteiger partial charge in [0.25, 0.3) is 5.91 Å². The lowest BCUT2D eigenvalue weighted by Gasteiger charge is -2.04. The Morgan fingerprint density at radius 2 is 2.00 bits per heavy atom. The van der Waals surface area contributed by atoms with Crippen LogP contribution in [-0.4, -0.2) is 10.9 Å². The van der Waals surface area contributed by atoms with Crippen LogP contribution in [0.3, 0.4) is 0 Å². The molecule has 0 aliphatic rings. The third kappa shape index (κ3) is 4.23. The number of rotatable bonds is 6. The lowest BCUT2D eigenvalue weighted by atomic mass is 10.1. The standard InChI is InChI=1S/C19H18N2O3/c1-14-6-5-7-15(10-14)11-20-19(22)17-12-24-18(21-17)13-23-16-8-3-2-4-9-16/h2-10,12H,11,13H2,1H3,(H,20,22). The average molecular weight is 322 g/mol. The molecule has 0 bridgehead atoms. The molecular weight excluding hydrogens is 304 g/mol. The van der Waals surface area contributed by atoms with Crippen LogP contribution in [-0.2, 0) is 13.2 Å². The molecule has 0 saturated carbocycles. The predicted molar refractivity (Wildman–Crippen MR) is 89.6 cm³/mol. The smallest absolute Gasteiger partial charge is 0.273 e. The molecule has 0 radical (unpaired) electrons. The number of para-hydroxylation sites is 1. The van der Waals surface area contributed by atoms with E-state index in [1.807, 2.05) is 61.5 Å². The molecule has 0 saturated heterocycles. The van der Waals surface area contributed by atoms with E-state index in [1.54, 1.807) is 0 Å². The van der Waals surface area contributed by atoms with E-state index < -0.39 is 0 Å². The fourth-order valence-corrected chi connectivity index (χ4v) is 2.24. The highest BCUT2D eigenvalue weighted by atomic mass is 16.5. The number of hydrogen-bond donors (Lipinski definition) is 1. The first kappa shape index (κ1) is 15.8. The Labute approximate surface area is 140 Å². The van der Waals surface area contributed by atoms with Crippen LogP contribution < -0.4 is 10.1 Å². The summed E-state index contributed by atoms with van der Waals surface area (Å²) in [6.45, 7) is 2.64. The molecule has 1 N–H and O–H groups in total. The first-order chi connectivity index (χ1) is 11.7. The Morgan fingerprint density at radius 1 is 1.17 bits per heavy atom. The second-order valence-corrected chi connectivity index (χ2v) is 5.40. The molecule has 5 heteroatoms. The van der Waals surface area contributed by atoms with Crippen molar-refractivity contribution in [1.82, 2.24) is 10.3 Å². The number of carbonyl (C=O) groups is 1. The van der Waals surface area contributed by atoms with Gasteiger partial charge in [0.15, 0.2) is 12.3 Å². The van der Waals surface area contributed by atoms with Crippen molar-refractivity contribution in [2.75, 3.05) is 0 Å². The zero-order chi connectivity index (χ0) is 16.8. The van der Waals surface area contributed by atoms with Crippen molar-refractivity contribution in [3.8, 4) is 5.75 Å². The monoisotopic (exact) mass is 322 g/mol. The highest BCUT2D eigenvalue weighted by Crippen LogP contribution is 2.12. The summed E-state index contributed by atoms with van der Waals surface area (Å²) in [7, 11) is 0. The van der Waals surface area contributed by atoms with E-state index in [9.17, 15) is 4.79 Å². The molecule has 1 aromatic heterocycles. The van der Waals surface area contributed by atoms with Gasteiger partial charge in [-0.15, -0.1) is 0 Å². The normalized spacial score (nSPS) is 10.4. The number of nitrogens with one attached hydrogen (secondary N) is 1. The molecule has 0 spiro atoms. The lowest BCUT2D eigenvalue weighted by Crippen LogP contribution is -2.23. The van der Waals surface area contributed by atoms with Gasteiger partial charge >= 0.3 is 0 Å². The van der Waals surface area contributed by atoms with Gasteiger partial charge in [0, 0.05) is 6.54 Å². The SMILES string of the molecule is Cc1cccc(CNC(=O)c2coc(COc3ccccc3)n2)c1. The van der Waals surface area contributed by atoms with E-state index in [1.165, 1.54) is 6.26 Å². The second kappa shape index (κ2) is 7.46. The van der Waals surface area contributed by atoms with Crippen LogP contribution in [0.4, 0.5) is 0 Å². The minimum atomic E-state index is -0.272. The van der Waals surface area contributed by atoms with Gasteiger partial charge in [-0.1, -0.05) is 48.0 Å². The van der Waals surface area contributed by atoms with Crippen LogP contribution in [0.2, 0.25) is 0 Å². The molecule has 0 aliphatic heterocycles. The zero-order valence-corrected chi connectivity index (χ0v) is 13.4. The molecule has 1 heterocycles. The van der Waals surface area contributed by atoms with Gasteiger partial charge in [-0.3, -0.25) is 4.79 Å². The van der Waals surface area contributed by atoms with Crippen LogP contribution in [0.15, 0.2) is 65.3 Å². The van der Waals surface area contributed by atoms with Gasteiger partial charge in [-0.2, -0.15) is 0 Å². The third-order valence-electron chi connectivity index (χ3n) is 3.43. The van der Waals surface area contributed by atoms with Crippen molar-refractivity contribution in [2.24, 2.45) is 0 Å². The first-order valence-electron chi connectivity index (χ1n) is 7.67. The van der Waals surface area contributed by atoms with Gasteiger partial charge < -0.3 is 14.5 Å². The number of carbonyl (C=O) groups excluding carboxylic acids is 1. The van der Waals surface area contributed by atoms with Crippen molar-refractivity contribution in [3.63, 3.8) is 0 Å². The van der Waals surface area contributed by atoms with E-state index in [0.717, 1.165) is 16.9 Å². The van der Waals surface area contributed by atoms with Gasteiger partial charge in [0.2, 0.25) is 5.89 Å². The summed E-state index contributed by atoms with van der Waals surface area (Å²) in [5, 5.41) is 2.83. The van der Waals surface area contributed by atoms with E-state index in [4.69, 9.17) is 9.15 Å². The van der Waals surface area contributed by atoms with E-state index in [2.05, 4.69) is 10.3 Å². The van der Waals surface area contributed by atoms with Gasteiger partial charge in [-0.25, -0.2) is 4.98 Å². The number of aromatic nitrogens is 1. The number of ether oxygens (including phenoxy) is 1. The first-order valence-corrected chi connectivity index (χ1v) is 7.67. The highest BCUT2D eigenvalue weighted by molar-refractivity contribution is 5.91. The lowest BCUT2D eigenvalue weighted by molar-refractivity contribution is 0.0946. The largest absolute Gasteiger partial charge is 0.484 e. The summed E-state index contributed by atoms with van der Waals surface area (Å²) >= 11 is 0. The van der Waals surface area contributed by atoms with Gasteiger partial charge in [-0.05, 0) is 24.6 Å². The van der Waals surface area contributed by atoms with Gasteiger partial charge in [0.1, 0.15) is 12.0 Å². The summed E-state index contributed by atoms with van der Waals surface area (Å²) < 4.78 is 10.8. The average Bonchev–Trinajstić information content (AvgIpc) is 3.08. The van der Waals surface area contributed by atoms with E-state index in [0.29, 0.717) is 12.4 Å². The number of aryl methyl sites for hydroxylation is 1. The molecule has 5 nitrogen and oxygen atoms in total. The molecule has 0 fully saturated rings. The topological polar surface area (TPSA) is 64.4 Å². The molecule has 3 aromatic rings. The molecular formula is C19H18N2O3. The number of hydrogen-bond acceptors (Lipinski definition) is 4. The summed E-state index contributed by atoms with van der Waals surface area (Å²) in [5.41, 5.74) is 2.44. The van der Waals surface area contributed by atoms with Crippen LogP contribution >= 0.6 is 0 Å². The van der Waals surface area contributed by atoms with Crippen molar-refractivity contribution in [3.05, 3.63) is 83.6 Å². The third-order valence-corrected chi connectivity index (χ3v) is 3.43. The molecule has 1 amide bonds. The minimum Gasteiger partial charge on any atom is -0.484 e. The van der Waals surface area contributed by atoms with Crippen LogP contribution in [0.5, 0.6) is 5.75 Å². The predicted octanol–water partition coefficient (Wildman–Crippen LogP) is 3.49. The maximum Gasteiger partial charge on any atom is 0.273 e. The number of amides is 1. The molecule has 2 aromatic carbocycles. The molecule has 3 rings (SSSR count). The summed E-state index contributed by atoms with van der Waals surface area (Å²) in [5.74, 6) is 0.812. The molecule has 0 atom stereocenters. The Hall–Kier alpha value is -3.08. The summed E-state index contributed by atoms with van der Waals surface area (Å²) in [6, 6.07) is 17.3. The van der Waals surface area contributed by atoms with Crippen molar-refractivity contribution in [2.45, 2.75) is 20.1 Å². The quantitative estimate of drug-likeness (QED) is 0.754. The Kier molecular flexibility index (Phi) is 4.91. The fraction of sp³-hybridized carbons (Fsp3) is 0.158. The van der Waals surface area contributed by atoms with Gasteiger partial charge in [0.05, 0.1) is 0 Å². The fourth-order valence-electron chi connectivity index (χ4n) is 2.24. The maximum absolute atomic E-state index is 12.1. The molecule has 0 aliphatic carbocycles. The Balaban J connectivity index is 1.53. The van der Waals surface area contributed by atoms with Crippen molar-refractivity contribution in [1.29, 1.82) is 0 Å². The maximum atomic E-state index is 12.1. The molecule has 24 heavy (non-hydrogen) atoms.